The molecule has 0 spiro atoms. The molecule has 3 heteroatoms. The normalized spacial score (nSPS) is 31.8. The van der Waals surface area contributed by atoms with Gasteiger partial charge in [0.15, 0.2) is 5.56 Å². The fourth-order valence-corrected chi connectivity index (χ4v) is 0.374. The molecule has 0 amide bonds. The lowest BCUT2D eigenvalue weighted by Gasteiger charge is -1.87. The van der Waals surface area contributed by atoms with Crippen molar-refractivity contribution >= 4 is 17.8 Å². The molecule has 6 heavy (non-hydrogen) atoms. The minimum Gasteiger partial charge on any atom is -0.334 e. The summed E-state index contributed by atoms with van der Waals surface area (Å²) in [5.74, 6) is 0. The molecular weight excluding hydrogens is 101 g/mol. The summed E-state index contributed by atoms with van der Waals surface area (Å²) >= 11 is 5.29. The molecule has 0 aromatic carbocycles. The molecule has 1 aliphatic heterocycles. The van der Waals surface area contributed by atoms with Gasteiger partial charge in [-0.25, -0.2) is 0 Å². The first kappa shape index (κ1) is 4.09. The predicted molar refractivity (Wildman–Crippen MR) is 23.0 cm³/mol. The zero-order valence-electron chi connectivity index (χ0n) is 3.02. The first-order valence-electron chi connectivity index (χ1n) is 1.57. The van der Waals surface area contributed by atoms with Gasteiger partial charge in [-0.05, 0) is 0 Å². The summed E-state index contributed by atoms with van der Waals surface area (Å²) in [6.07, 6.45) is 2.49. The van der Waals surface area contributed by atoms with Crippen LogP contribution in [0, 0.1) is 0 Å². The van der Waals surface area contributed by atoms with E-state index in [9.17, 15) is 0 Å². The van der Waals surface area contributed by atoms with E-state index >= 15 is 0 Å². The average molecular weight is 105 g/mol. The highest BCUT2D eigenvalue weighted by Crippen LogP contribution is 1.99. The van der Waals surface area contributed by atoms with E-state index in [0.717, 1.165) is 0 Å². The van der Waals surface area contributed by atoms with Crippen molar-refractivity contribution in [1.29, 1.82) is 0 Å². The van der Waals surface area contributed by atoms with E-state index in [1.807, 2.05) is 0 Å². The van der Waals surface area contributed by atoms with E-state index in [-0.39, 0.29) is 0 Å². The Morgan fingerprint density at radius 1 is 2.00 bits per heavy atom. The van der Waals surface area contributed by atoms with Crippen molar-refractivity contribution in [2.24, 2.45) is 4.99 Å². The van der Waals surface area contributed by atoms with Gasteiger partial charge in [0.05, 0.1) is 0 Å². The number of alkyl halides is 1. The maximum atomic E-state index is 5.29. The second kappa shape index (κ2) is 1.58. The Morgan fingerprint density at radius 3 is 3.00 bits per heavy atom. The Hall–Kier alpha value is -0.0800. The van der Waals surface area contributed by atoms with Crippen LogP contribution in [0.25, 0.3) is 0 Å². The topological polar surface area (TPSA) is 21.6 Å². The average Bonchev–Trinajstić information content (AvgIpc) is 1.86. The lowest BCUT2D eigenvalue weighted by Crippen LogP contribution is -1.95. The van der Waals surface area contributed by atoms with E-state index in [1.165, 1.54) is 0 Å². The zero-order valence-corrected chi connectivity index (χ0v) is 3.77. The van der Waals surface area contributed by atoms with Crippen LogP contribution in [-0.4, -0.2) is 18.5 Å². The van der Waals surface area contributed by atoms with E-state index in [4.69, 9.17) is 11.6 Å². The molecule has 1 heterocycles. The quantitative estimate of drug-likeness (QED) is 0.410. The van der Waals surface area contributed by atoms with Gasteiger partial charge in [-0.1, -0.05) is 11.6 Å². The Labute approximate surface area is 40.8 Å². The molecule has 0 saturated heterocycles. The van der Waals surface area contributed by atoms with Crippen molar-refractivity contribution in [2.75, 3.05) is 6.73 Å². The Bertz CT molecular complexity index is 73.2. The third-order valence-electron chi connectivity index (χ3n) is 0.478. The number of hydrogen-bond acceptors (Lipinski definition) is 2. The molecule has 33 valence electrons. The molecule has 1 unspecified atom stereocenters. The number of nitrogens with zero attached hydrogens (tertiary/aromatic N) is 1. The highest BCUT2D eigenvalue weighted by Gasteiger charge is 2.03. The van der Waals surface area contributed by atoms with E-state index in [1.54, 1.807) is 0 Å². The molecule has 0 N–H and O–H groups in total. The lowest BCUT2D eigenvalue weighted by molar-refractivity contribution is 0.178. The number of ether oxygens (including phenoxy) is 1. The van der Waals surface area contributed by atoms with Crippen LogP contribution >= 0.6 is 11.6 Å². The second-order valence-electron chi connectivity index (χ2n) is 0.899. The van der Waals surface area contributed by atoms with Crippen LogP contribution in [0.15, 0.2) is 4.99 Å². The molecule has 2 nitrogen and oxygen atoms in total. The molecule has 0 saturated carbocycles. The summed E-state index contributed by atoms with van der Waals surface area (Å²) in [5.41, 5.74) is -0.398. The van der Waals surface area contributed by atoms with E-state index in [2.05, 4.69) is 15.9 Å². The largest absolute Gasteiger partial charge is 0.334 e. The van der Waals surface area contributed by atoms with Crippen LogP contribution in [0.3, 0.4) is 0 Å². The molecule has 1 rings (SSSR count). The van der Waals surface area contributed by atoms with Gasteiger partial charge < -0.3 is 4.74 Å². The predicted octanol–water partition coefficient (Wildman–Crippen LogP) is 0.487. The second-order valence-corrected chi connectivity index (χ2v) is 1.30. The smallest absolute Gasteiger partial charge is 0.177 e. The van der Waals surface area contributed by atoms with Crippen molar-refractivity contribution in [1.82, 2.24) is 0 Å². The first-order valence-corrected chi connectivity index (χ1v) is 2.01. The Balaban J connectivity index is 2.38. The van der Waals surface area contributed by atoms with Gasteiger partial charge in [-0.3, -0.25) is 4.99 Å². The first-order chi connectivity index (χ1) is 2.89. The van der Waals surface area contributed by atoms with Crippen LogP contribution in [-0.2, 0) is 4.74 Å². The molecule has 1 atom stereocenters. The minimum atomic E-state index is -0.398. The third kappa shape index (κ3) is 0.698. The molecule has 0 aliphatic carbocycles. The molecule has 0 aromatic heterocycles. The Kier molecular flexibility index (Phi) is 1.08. The van der Waals surface area contributed by atoms with Crippen molar-refractivity contribution in [2.45, 2.75) is 5.56 Å². The van der Waals surface area contributed by atoms with Gasteiger partial charge >= 0.3 is 0 Å². The summed E-state index contributed by atoms with van der Waals surface area (Å²) in [5, 5.41) is 0. The highest BCUT2D eigenvalue weighted by molar-refractivity contribution is 6.27. The van der Waals surface area contributed by atoms with Gasteiger partial charge in [-0.2, -0.15) is 0 Å². The summed E-state index contributed by atoms with van der Waals surface area (Å²) < 4.78 is 4.64. The minimum absolute atomic E-state index is 0.369. The third-order valence-corrected chi connectivity index (χ3v) is 0.702. The van der Waals surface area contributed by atoms with Crippen LogP contribution in [0.1, 0.15) is 0 Å². The molecule has 0 aromatic rings. The van der Waals surface area contributed by atoms with Gasteiger partial charge in [0.25, 0.3) is 0 Å². The van der Waals surface area contributed by atoms with Crippen LogP contribution in [0.4, 0.5) is 0 Å². The van der Waals surface area contributed by atoms with Gasteiger partial charge in [0.2, 0.25) is 0 Å². The van der Waals surface area contributed by atoms with E-state index < -0.39 is 5.56 Å². The molecule has 1 aliphatic rings. The summed E-state index contributed by atoms with van der Waals surface area (Å²) in [6.45, 7) is 0.369. The monoisotopic (exact) mass is 104 g/mol. The van der Waals surface area contributed by atoms with Gasteiger partial charge in [-0.15, -0.1) is 0 Å². The number of hydrogen-bond donors (Lipinski definition) is 0. The maximum Gasteiger partial charge on any atom is 0.177 e. The van der Waals surface area contributed by atoms with Crippen molar-refractivity contribution < 1.29 is 4.74 Å². The van der Waals surface area contributed by atoms with Crippen molar-refractivity contribution in [3.8, 4) is 0 Å². The molecule has 0 fully saturated rings. The molecular formula is C3H3ClNO. The van der Waals surface area contributed by atoms with Crippen LogP contribution < -0.4 is 0 Å². The standard InChI is InChI=1S/C3H3ClNO/c4-3-1-5-2-6-3/h3H,2H2. The van der Waals surface area contributed by atoms with E-state index in [0.29, 0.717) is 6.73 Å². The van der Waals surface area contributed by atoms with Crippen LogP contribution in [0.2, 0.25) is 0 Å². The van der Waals surface area contributed by atoms with Gasteiger partial charge in [0, 0.05) is 0 Å². The number of aliphatic imine (C=N–C) groups is 1. The SMILES string of the molecule is ClC1[C]=NCO1. The summed E-state index contributed by atoms with van der Waals surface area (Å²) in [7, 11) is 0. The highest BCUT2D eigenvalue weighted by atomic mass is 35.5. The van der Waals surface area contributed by atoms with Gasteiger partial charge in [0.1, 0.15) is 12.9 Å². The maximum absolute atomic E-state index is 5.29. The lowest BCUT2D eigenvalue weighted by atomic mass is 10.8. The van der Waals surface area contributed by atoms with Crippen molar-refractivity contribution in [3.63, 3.8) is 0 Å². The number of rotatable bonds is 0. The zero-order chi connectivity index (χ0) is 4.41. The fourth-order valence-electron chi connectivity index (χ4n) is 0.249. The number of halogens is 1. The van der Waals surface area contributed by atoms with Crippen molar-refractivity contribution in [3.05, 3.63) is 0 Å². The molecule has 1 radical (unpaired) electrons. The fraction of sp³-hybridized carbons (Fsp3) is 0.667. The van der Waals surface area contributed by atoms with Crippen LogP contribution in [0.5, 0.6) is 0 Å². The molecule has 0 bridgehead atoms. The Morgan fingerprint density at radius 2 is 2.83 bits per heavy atom. The summed E-state index contributed by atoms with van der Waals surface area (Å²) in [6, 6.07) is 0. The summed E-state index contributed by atoms with van der Waals surface area (Å²) in [4.78, 5) is 3.56.